The lowest BCUT2D eigenvalue weighted by Gasteiger charge is -2.11. The molecule has 0 atom stereocenters. The van der Waals surface area contributed by atoms with Crippen molar-refractivity contribution >= 4 is 29.3 Å². The van der Waals surface area contributed by atoms with Crippen LogP contribution in [0.2, 0.25) is 0 Å². The summed E-state index contributed by atoms with van der Waals surface area (Å²) in [5.74, 6) is 0.174. The minimum absolute atomic E-state index is 0.0886. The number of carbonyl (C=O) groups is 2. The first-order valence-electron chi connectivity index (χ1n) is 10.1. The predicted octanol–water partition coefficient (Wildman–Crippen LogP) is 4.57. The van der Waals surface area contributed by atoms with Gasteiger partial charge in [-0.3, -0.25) is 9.59 Å². The molecule has 0 spiro atoms. The van der Waals surface area contributed by atoms with Crippen LogP contribution in [0.4, 0.5) is 11.4 Å². The minimum Gasteiger partial charge on any atom is -0.497 e. The Morgan fingerprint density at radius 3 is 2.24 bits per heavy atom. The summed E-state index contributed by atoms with van der Waals surface area (Å²) in [7, 11) is 1.57. The fraction of sp³-hybridized carbons (Fsp3) is 0.115. The van der Waals surface area contributed by atoms with Gasteiger partial charge in [-0.2, -0.15) is 5.26 Å². The summed E-state index contributed by atoms with van der Waals surface area (Å²) in [6, 6.07) is 23.0. The zero-order chi connectivity index (χ0) is 23.6. The average Bonchev–Trinajstić information content (AvgIpc) is 2.83. The second-order valence-electron chi connectivity index (χ2n) is 7.09. The summed E-state index contributed by atoms with van der Waals surface area (Å²) >= 11 is 0. The SMILES string of the molecule is COc1ccc(NC(=O)COc2ccccc2C=C(C#N)C(=O)Nc2ccc(C)cc2)cc1. The topological polar surface area (TPSA) is 100 Å². The first-order valence-corrected chi connectivity index (χ1v) is 10.1. The van der Waals surface area contributed by atoms with E-state index in [0.717, 1.165) is 5.56 Å². The van der Waals surface area contributed by atoms with E-state index in [1.807, 2.05) is 25.1 Å². The highest BCUT2D eigenvalue weighted by Gasteiger charge is 2.12. The van der Waals surface area contributed by atoms with Gasteiger partial charge in [0.1, 0.15) is 23.1 Å². The van der Waals surface area contributed by atoms with Crippen LogP contribution in [-0.4, -0.2) is 25.5 Å². The summed E-state index contributed by atoms with van der Waals surface area (Å²) in [6.07, 6.45) is 1.43. The average molecular weight is 441 g/mol. The molecule has 0 unspecified atom stereocenters. The Bertz CT molecular complexity index is 1190. The molecule has 0 aliphatic carbocycles. The van der Waals surface area contributed by atoms with Crippen molar-refractivity contribution in [2.45, 2.75) is 6.92 Å². The van der Waals surface area contributed by atoms with Crippen LogP contribution in [0.5, 0.6) is 11.5 Å². The number of carbonyl (C=O) groups excluding carboxylic acids is 2. The van der Waals surface area contributed by atoms with Gasteiger partial charge < -0.3 is 20.1 Å². The van der Waals surface area contributed by atoms with E-state index in [2.05, 4.69) is 10.6 Å². The third-order valence-corrected chi connectivity index (χ3v) is 4.63. The standard InChI is InChI=1S/C26H23N3O4/c1-18-7-9-22(10-8-18)29-26(31)20(16-27)15-19-5-3-4-6-24(19)33-17-25(30)28-21-11-13-23(32-2)14-12-21/h3-15H,17H2,1-2H3,(H,28,30)(H,29,31). The van der Waals surface area contributed by atoms with Crippen molar-refractivity contribution in [3.05, 3.63) is 89.5 Å². The molecular formula is C26H23N3O4. The second kappa shape index (κ2) is 11.2. The van der Waals surface area contributed by atoms with Crippen LogP contribution < -0.4 is 20.1 Å². The molecule has 0 saturated heterocycles. The number of hydrogen-bond acceptors (Lipinski definition) is 5. The van der Waals surface area contributed by atoms with E-state index in [-0.39, 0.29) is 18.1 Å². The molecule has 0 saturated carbocycles. The summed E-state index contributed by atoms with van der Waals surface area (Å²) in [6.45, 7) is 1.70. The van der Waals surface area contributed by atoms with Gasteiger partial charge in [0.05, 0.1) is 7.11 Å². The Hall–Kier alpha value is -4.57. The molecule has 3 aromatic rings. The third kappa shape index (κ3) is 6.71. The Kier molecular flexibility index (Phi) is 7.81. The normalized spacial score (nSPS) is 10.6. The fourth-order valence-electron chi connectivity index (χ4n) is 2.89. The number of aryl methyl sites for hydroxylation is 1. The molecule has 2 N–H and O–H groups in total. The summed E-state index contributed by atoms with van der Waals surface area (Å²) < 4.78 is 10.7. The molecule has 33 heavy (non-hydrogen) atoms. The largest absolute Gasteiger partial charge is 0.497 e. The maximum atomic E-state index is 12.5. The van der Waals surface area contributed by atoms with Crippen LogP contribution in [0.25, 0.3) is 6.08 Å². The highest BCUT2D eigenvalue weighted by molar-refractivity contribution is 6.09. The molecule has 3 aromatic carbocycles. The molecule has 3 rings (SSSR count). The predicted molar refractivity (Wildman–Crippen MR) is 127 cm³/mol. The first-order chi connectivity index (χ1) is 16.0. The van der Waals surface area contributed by atoms with Crippen molar-refractivity contribution in [3.8, 4) is 17.6 Å². The number of benzene rings is 3. The molecule has 7 nitrogen and oxygen atoms in total. The minimum atomic E-state index is -0.534. The Morgan fingerprint density at radius 1 is 0.939 bits per heavy atom. The zero-order valence-electron chi connectivity index (χ0n) is 18.3. The quantitative estimate of drug-likeness (QED) is 0.394. The number of nitrogens with one attached hydrogen (secondary N) is 2. The number of nitrogens with zero attached hydrogens (tertiary/aromatic N) is 1. The highest BCUT2D eigenvalue weighted by atomic mass is 16.5. The number of nitriles is 1. The van der Waals surface area contributed by atoms with Gasteiger partial charge in [0.25, 0.3) is 11.8 Å². The number of hydrogen-bond donors (Lipinski definition) is 2. The third-order valence-electron chi connectivity index (χ3n) is 4.63. The van der Waals surface area contributed by atoms with E-state index in [4.69, 9.17) is 9.47 Å². The number of amides is 2. The van der Waals surface area contributed by atoms with Gasteiger partial charge in [-0.15, -0.1) is 0 Å². The van der Waals surface area contributed by atoms with E-state index in [0.29, 0.717) is 28.4 Å². The molecule has 0 aliphatic rings. The lowest BCUT2D eigenvalue weighted by molar-refractivity contribution is -0.118. The van der Waals surface area contributed by atoms with Crippen LogP contribution in [0, 0.1) is 18.3 Å². The van der Waals surface area contributed by atoms with Crippen LogP contribution in [0.15, 0.2) is 78.4 Å². The summed E-state index contributed by atoms with van der Waals surface area (Å²) in [5, 5.41) is 14.9. The van der Waals surface area contributed by atoms with Gasteiger partial charge in [-0.05, 0) is 55.5 Å². The second-order valence-corrected chi connectivity index (χ2v) is 7.09. The Morgan fingerprint density at radius 2 is 1.58 bits per heavy atom. The fourth-order valence-corrected chi connectivity index (χ4v) is 2.89. The number of rotatable bonds is 8. The van der Waals surface area contributed by atoms with Gasteiger partial charge in [-0.1, -0.05) is 35.9 Å². The monoisotopic (exact) mass is 441 g/mol. The molecule has 166 valence electrons. The van der Waals surface area contributed by atoms with Gasteiger partial charge in [0, 0.05) is 16.9 Å². The van der Waals surface area contributed by atoms with E-state index >= 15 is 0 Å². The Balaban J connectivity index is 1.67. The molecule has 0 bridgehead atoms. The van der Waals surface area contributed by atoms with Crippen molar-refractivity contribution in [2.75, 3.05) is 24.4 Å². The van der Waals surface area contributed by atoms with Crippen LogP contribution >= 0.6 is 0 Å². The number of ether oxygens (including phenoxy) is 2. The molecule has 0 fully saturated rings. The Labute approximate surface area is 192 Å². The van der Waals surface area contributed by atoms with Gasteiger partial charge in [0.15, 0.2) is 6.61 Å². The van der Waals surface area contributed by atoms with Gasteiger partial charge in [-0.25, -0.2) is 0 Å². The lowest BCUT2D eigenvalue weighted by atomic mass is 10.1. The van der Waals surface area contributed by atoms with Gasteiger partial charge >= 0.3 is 0 Å². The van der Waals surface area contributed by atoms with Crippen molar-refractivity contribution in [1.82, 2.24) is 0 Å². The number of anilines is 2. The number of para-hydroxylation sites is 1. The van der Waals surface area contributed by atoms with Crippen molar-refractivity contribution in [3.63, 3.8) is 0 Å². The van der Waals surface area contributed by atoms with Crippen molar-refractivity contribution in [1.29, 1.82) is 5.26 Å². The number of methoxy groups -OCH3 is 1. The van der Waals surface area contributed by atoms with E-state index in [1.54, 1.807) is 67.8 Å². The van der Waals surface area contributed by atoms with E-state index in [1.165, 1.54) is 6.08 Å². The maximum Gasteiger partial charge on any atom is 0.266 e. The summed E-state index contributed by atoms with van der Waals surface area (Å²) in [4.78, 5) is 24.8. The van der Waals surface area contributed by atoms with Crippen LogP contribution in [-0.2, 0) is 9.59 Å². The van der Waals surface area contributed by atoms with Crippen LogP contribution in [0.1, 0.15) is 11.1 Å². The van der Waals surface area contributed by atoms with E-state index in [9.17, 15) is 14.9 Å². The molecule has 2 amide bonds. The smallest absolute Gasteiger partial charge is 0.266 e. The lowest BCUT2D eigenvalue weighted by Crippen LogP contribution is -2.20. The molecule has 7 heteroatoms. The molecular weight excluding hydrogens is 418 g/mol. The van der Waals surface area contributed by atoms with Crippen molar-refractivity contribution in [2.24, 2.45) is 0 Å². The maximum absolute atomic E-state index is 12.5. The first kappa shape index (κ1) is 23.1. The zero-order valence-corrected chi connectivity index (χ0v) is 18.3. The molecule has 0 heterocycles. The van der Waals surface area contributed by atoms with Gasteiger partial charge in [0.2, 0.25) is 0 Å². The summed E-state index contributed by atoms with van der Waals surface area (Å²) in [5.41, 5.74) is 2.68. The molecule has 0 aromatic heterocycles. The van der Waals surface area contributed by atoms with Crippen LogP contribution in [0.3, 0.4) is 0 Å². The van der Waals surface area contributed by atoms with E-state index < -0.39 is 5.91 Å². The molecule has 0 radical (unpaired) electrons. The molecule has 0 aliphatic heterocycles. The highest BCUT2D eigenvalue weighted by Crippen LogP contribution is 2.22. The van der Waals surface area contributed by atoms with Crippen molar-refractivity contribution < 1.29 is 19.1 Å².